The molecular formula is C22H22N4O4. The van der Waals surface area contributed by atoms with E-state index in [0.717, 1.165) is 25.7 Å². The predicted octanol–water partition coefficient (Wildman–Crippen LogP) is 3.56. The van der Waals surface area contributed by atoms with Gasteiger partial charge in [-0.15, -0.1) is 10.2 Å². The lowest BCUT2D eigenvalue weighted by Gasteiger charge is -2.26. The van der Waals surface area contributed by atoms with Crippen molar-refractivity contribution >= 4 is 5.91 Å². The molecule has 2 aliphatic rings. The third-order valence-corrected chi connectivity index (χ3v) is 5.71. The van der Waals surface area contributed by atoms with Gasteiger partial charge >= 0.3 is 0 Å². The first-order chi connectivity index (χ1) is 14.8. The van der Waals surface area contributed by atoms with E-state index in [9.17, 15) is 4.79 Å². The number of rotatable bonds is 5. The van der Waals surface area contributed by atoms with Gasteiger partial charge in [-0.05, 0) is 61.9 Å². The molecule has 30 heavy (non-hydrogen) atoms. The van der Waals surface area contributed by atoms with E-state index in [2.05, 4.69) is 20.5 Å². The average Bonchev–Trinajstić information content (AvgIpc) is 3.48. The van der Waals surface area contributed by atoms with Crippen LogP contribution in [0.25, 0.3) is 11.6 Å². The minimum atomic E-state index is -0.0904. The van der Waals surface area contributed by atoms with E-state index in [1.54, 1.807) is 24.4 Å². The summed E-state index contributed by atoms with van der Waals surface area (Å²) in [5.41, 5.74) is 1.28. The molecule has 1 N–H and O–H groups in total. The largest absolute Gasteiger partial charge is 0.454 e. The number of hydrogen-bond donors (Lipinski definition) is 1. The second kappa shape index (κ2) is 8.14. The maximum absolute atomic E-state index is 12.5. The van der Waals surface area contributed by atoms with E-state index in [1.807, 2.05) is 18.2 Å². The van der Waals surface area contributed by atoms with Crippen molar-refractivity contribution in [3.8, 4) is 23.1 Å². The van der Waals surface area contributed by atoms with Crippen LogP contribution in [0.4, 0.5) is 0 Å². The number of carbonyl (C=O) groups is 1. The molecule has 1 aliphatic heterocycles. The van der Waals surface area contributed by atoms with Crippen LogP contribution in [0.5, 0.6) is 11.5 Å². The molecule has 1 fully saturated rings. The van der Waals surface area contributed by atoms with Crippen LogP contribution in [0.15, 0.2) is 47.0 Å². The SMILES string of the molecule is O=C(NCC1CCC(c2nnc(-c3ccccn3)o2)CC1)c1ccc2c(c1)OCO2. The van der Waals surface area contributed by atoms with E-state index in [4.69, 9.17) is 13.9 Å². The average molecular weight is 406 g/mol. The molecular weight excluding hydrogens is 384 g/mol. The fourth-order valence-corrected chi connectivity index (χ4v) is 3.98. The maximum atomic E-state index is 12.5. The first-order valence-corrected chi connectivity index (χ1v) is 10.2. The van der Waals surface area contributed by atoms with E-state index < -0.39 is 0 Å². The summed E-state index contributed by atoms with van der Waals surface area (Å²) >= 11 is 0. The minimum Gasteiger partial charge on any atom is -0.454 e. The number of hydrogen-bond acceptors (Lipinski definition) is 7. The number of aromatic nitrogens is 3. The van der Waals surface area contributed by atoms with Crippen LogP contribution in [-0.4, -0.2) is 34.4 Å². The van der Waals surface area contributed by atoms with Crippen molar-refractivity contribution in [2.24, 2.45) is 5.92 Å². The summed E-state index contributed by atoms with van der Waals surface area (Å²) in [6, 6.07) is 10.9. The van der Waals surface area contributed by atoms with Gasteiger partial charge in [0.25, 0.3) is 11.8 Å². The molecule has 8 nitrogen and oxygen atoms in total. The zero-order chi connectivity index (χ0) is 20.3. The molecule has 154 valence electrons. The van der Waals surface area contributed by atoms with E-state index in [-0.39, 0.29) is 18.6 Å². The number of carbonyl (C=O) groups excluding carboxylic acids is 1. The summed E-state index contributed by atoms with van der Waals surface area (Å²) in [6.45, 7) is 0.857. The van der Waals surface area contributed by atoms with Gasteiger partial charge in [-0.1, -0.05) is 6.07 Å². The van der Waals surface area contributed by atoms with E-state index in [0.29, 0.717) is 47.0 Å². The van der Waals surface area contributed by atoms with Crippen molar-refractivity contribution in [1.29, 1.82) is 0 Å². The smallest absolute Gasteiger partial charge is 0.266 e. The summed E-state index contributed by atoms with van der Waals surface area (Å²) in [7, 11) is 0. The van der Waals surface area contributed by atoms with Crippen LogP contribution in [0.1, 0.15) is 47.8 Å². The van der Waals surface area contributed by atoms with Gasteiger partial charge in [0.05, 0.1) is 0 Å². The van der Waals surface area contributed by atoms with Gasteiger partial charge in [0.2, 0.25) is 12.7 Å². The Balaban J connectivity index is 1.12. The quantitative estimate of drug-likeness (QED) is 0.691. The number of nitrogens with one attached hydrogen (secondary N) is 1. The van der Waals surface area contributed by atoms with Crippen molar-refractivity contribution in [3.05, 3.63) is 54.0 Å². The molecule has 1 saturated carbocycles. The molecule has 0 atom stereocenters. The molecule has 1 amide bonds. The molecule has 5 rings (SSSR count). The fourth-order valence-electron chi connectivity index (χ4n) is 3.98. The summed E-state index contributed by atoms with van der Waals surface area (Å²) in [4.78, 5) is 16.7. The van der Waals surface area contributed by atoms with Gasteiger partial charge in [-0.3, -0.25) is 9.78 Å². The maximum Gasteiger partial charge on any atom is 0.266 e. The molecule has 0 spiro atoms. The van der Waals surface area contributed by atoms with Crippen LogP contribution in [0, 0.1) is 5.92 Å². The summed E-state index contributed by atoms with van der Waals surface area (Å²) in [5.74, 6) is 3.05. The van der Waals surface area contributed by atoms with Gasteiger partial charge in [0.1, 0.15) is 5.69 Å². The minimum absolute atomic E-state index is 0.0904. The van der Waals surface area contributed by atoms with Gasteiger partial charge in [-0.25, -0.2) is 0 Å². The van der Waals surface area contributed by atoms with Crippen LogP contribution >= 0.6 is 0 Å². The highest BCUT2D eigenvalue weighted by atomic mass is 16.7. The zero-order valence-corrected chi connectivity index (χ0v) is 16.4. The Morgan fingerprint density at radius 1 is 1.03 bits per heavy atom. The highest BCUT2D eigenvalue weighted by molar-refractivity contribution is 5.94. The second-order valence-electron chi connectivity index (χ2n) is 7.66. The highest BCUT2D eigenvalue weighted by Crippen LogP contribution is 2.36. The summed E-state index contributed by atoms with van der Waals surface area (Å²) in [6.07, 6.45) is 5.66. The molecule has 0 unspecified atom stereocenters. The lowest BCUT2D eigenvalue weighted by atomic mass is 9.82. The Bertz CT molecular complexity index is 1030. The van der Waals surface area contributed by atoms with Crippen LogP contribution in [-0.2, 0) is 0 Å². The van der Waals surface area contributed by atoms with E-state index in [1.165, 1.54) is 0 Å². The van der Waals surface area contributed by atoms with Crippen molar-refractivity contribution in [1.82, 2.24) is 20.5 Å². The normalized spacial score (nSPS) is 20.1. The molecule has 3 heterocycles. The predicted molar refractivity (Wildman–Crippen MR) is 107 cm³/mol. The van der Waals surface area contributed by atoms with E-state index >= 15 is 0 Å². The fraction of sp³-hybridized carbons (Fsp3) is 0.364. The summed E-state index contributed by atoms with van der Waals surface area (Å²) in [5, 5.41) is 11.4. The van der Waals surface area contributed by atoms with Gasteiger partial charge in [-0.2, -0.15) is 0 Å². The van der Waals surface area contributed by atoms with Crippen molar-refractivity contribution in [2.75, 3.05) is 13.3 Å². The molecule has 0 bridgehead atoms. The second-order valence-corrected chi connectivity index (χ2v) is 7.66. The topological polar surface area (TPSA) is 99.4 Å². The zero-order valence-electron chi connectivity index (χ0n) is 16.4. The monoisotopic (exact) mass is 406 g/mol. The third-order valence-electron chi connectivity index (χ3n) is 5.71. The van der Waals surface area contributed by atoms with Crippen LogP contribution in [0.2, 0.25) is 0 Å². The van der Waals surface area contributed by atoms with Gasteiger partial charge in [0, 0.05) is 24.2 Å². The number of nitrogens with zero attached hydrogens (tertiary/aromatic N) is 3. The number of fused-ring (bicyclic) bond motifs is 1. The van der Waals surface area contributed by atoms with Crippen molar-refractivity contribution in [3.63, 3.8) is 0 Å². The molecule has 0 radical (unpaired) electrons. The van der Waals surface area contributed by atoms with Gasteiger partial charge < -0.3 is 19.2 Å². The molecule has 8 heteroatoms. The number of benzene rings is 1. The van der Waals surface area contributed by atoms with Gasteiger partial charge in [0.15, 0.2) is 11.5 Å². The van der Waals surface area contributed by atoms with Crippen molar-refractivity contribution in [2.45, 2.75) is 31.6 Å². The molecule has 2 aromatic heterocycles. The number of ether oxygens (including phenoxy) is 2. The Kier molecular flexibility index (Phi) is 5.04. The molecule has 1 aromatic carbocycles. The standard InChI is InChI=1S/C22H22N4O4/c27-20(16-8-9-18-19(11-16)29-13-28-18)24-12-14-4-6-15(7-5-14)21-25-26-22(30-21)17-3-1-2-10-23-17/h1-3,8-11,14-15H,4-7,12-13H2,(H,24,27). The van der Waals surface area contributed by atoms with Crippen LogP contribution < -0.4 is 14.8 Å². The Morgan fingerprint density at radius 2 is 1.90 bits per heavy atom. The third kappa shape index (κ3) is 3.85. The lowest BCUT2D eigenvalue weighted by Crippen LogP contribution is -2.31. The van der Waals surface area contributed by atoms with Crippen molar-refractivity contribution < 1.29 is 18.7 Å². The Labute approximate surface area is 173 Å². The summed E-state index contributed by atoms with van der Waals surface area (Å²) < 4.78 is 16.5. The first-order valence-electron chi connectivity index (χ1n) is 10.2. The lowest BCUT2D eigenvalue weighted by molar-refractivity contribution is 0.0942. The number of amides is 1. The molecule has 3 aromatic rings. The Morgan fingerprint density at radius 3 is 2.73 bits per heavy atom. The Hall–Kier alpha value is -3.42. The highest BCUT2D eigenvalue weighted by Gasteiger charge is 2.27. The first kappa shape index (κ1) is 18.6. The molecule has 1 aliphatic carbocycles. The number of pyridine rings is 1. The molecule has 0 saturated heterocycles. The van der Waals surface area contributed by atoms with Crippen LogP contribution in [0.3, 0.4) is 0 Å².